The van der Waals surface area contributed by atoms with Crippen LogP contribution in [0.5, 0.6) is 0 Å². The van der Waals surface area contributed by atoms with Gasteiger partial charge in [0, 0.05) is 24.2 Å². The second-order valence-electron chi connectivity index (χ2n) is 9.64. The van der Waals surface area contributed by atoms with Crippen LogP contribution in [0.2, 0.25) is 5.02 Å². The SMILES string of the molecule is CCCCCCCCCCCCCCC/C=C/C(=O)c1cc(Cl)ccc1S(=O)(=O)N(C)C(=O)NCCC. The van der Waals surface area contributed by atoms with Gasteiger partial charge in [-0.2, -0.15) is 0 Å². The van der Waals surface area contributed by atoms with E-state index in [0.717, 1.165) is 19.3 Å². The number of carbonyl (C=O) groups is 2. The van der Waals surface area contributed by atoms with Crippen LogP contribution in [-0.2, 0) is 10.0 Å². The molecule has 2 amide bonds. The van der Waals surface area contributed by atoms with E-state index in [1.54, 1.807) is 6.08 Å². The molecule has 210 valence electrons. The third kappa shape index (κ3) is 13.0. The number of urea groups is 1. The Labute approximate surface area is 230 Å². The highest BCUT2D eigenvalue weighted by atomic mass is 35.5. The van der Waals surface area contributed by atoms with Gasteiger partial charge in [0.1, 0.15) is 0 Å². The monoisotopic (exact) mass is 554 g/mol. The fraction of sp³-hybridized carbons (Fsp3) is 0.655. The predicted octanol–water partition coefficient (Wildman–Crippen LogP) is 8.30. The molecule has 1 aromatic rings. The van der Waals surface area contributed by atoms with Crippen LogP contribution in [0.25, 0.3) is 0 Å². The van der Waals surface area contributed by atoms with Crippen LogP contribution < -0.4 is 5.32 Å². The van der Waals surface area contributed by atoms with Gasteiger partial charge in [0.05, 0.1) is 4.90 Å². The van der Waals surface area contributed by atoms with Crippen molar-refractivity contribution in [2.45, 2.75) is 115 Å². The van der Waals surface area contributed by atoms with Crippen molar-refractivity contribution in [1.82, 2.24) is 9.62 Å². The summed E-state index contributed by atoms with van der Waals surface area (Å²) in [5.74, 6) is -0.446. The summed E-state index contributed by atoms with van der Waals surface area (Å²) in [6.45, 7) is 4.47. The molecule has 0 spiro atoms. The molecule has 0 saturated heterocycles. The Bertz CT molecular complexity index is 947. The number of nitrogens with one attached hydrogen (secondary N) is 1. The number of hydrogen-bond acceptors (Lipinski definition) is 4. The molecular formula is C29H47ClN2O4S. The lowest BCUT2D eigenvalue weighted by Gasteiger charge is -2.19. The molecule has 0 bridgehead atoms. The summed E-state index contributed by atoms with van der Waals surface area (Å²) in [6, 6.07) is 3.27. The van der Waals surface area contributed by atoms with Crippen molar-refractivity contribution in [3.8, 4) is 0 Å². The van der Waals surface area contributed by atoms with E-state index >= 15 is 0 Å². The zero-order chi connectivity index (χ0) is 27.5. The molecular weight excluding hydrogens is 508 g/mol. The van der Waals surface area contributed by atoms with Crippen molar-refractivity contribution < 1.29 is 18.0 Å². The van der Waals surface area contributed by atoms with E-state index in [2.05, 4.69) is 12.2 Å². The fourth-order valence-corrected chi connectivity index (χ4v) is 5.51. The Hall–Kier alpha value is -1.86. The van der Waals surface area contributed by atoms with Crippen LogP contribution in [0.3, 0.4) is 0 Å². The third-order valence-electron chi connectivity index (χ3n) is 6.40. The standard InChI is InChI=1S/C29H47ClN2O4S/c1-4-6-7-8-9-10-11-12-13-14-15-16-17-18-19-20-27(33)26-24-25(30)21-22-28(26)37(35,36)32(3)29(34)31-23-5-2/h19-22,24H,4-18,23H2,1-3H3,(H,31,34)/b20-19+. The highest BCUT2D eigenvalue weighted by Crippen LogP contribution is 2.24. The summed E-state index contributed by atoms with van der Waals surface area (Å²) in [4.78, 5) is 24.8. The number of halogens is 1. The van der Waals surface area contributed by atoms with Crippen molar-refractivity contribution >= 4 is 33.4 Å². The molecule has 0 aliphatic heterocycles. The quantitative estimate of drug-likeness (QED) is 0.0997. The van der Waals surface area contributed by atoms with Gasteiger partial charge in [-0.1, -0.05) is 109 Å². The van der Waals surface area contributed by atoms with E-state index < -0.39 is 21.8 Å². The maximum Gasteiger partial charge on any atom is 0.331 e. The van der Waals surface area contributed by atoms with Gasteiger partial charge in [-0.3, -0.25) is 4.79 Å². The fourth-order valence-electron chi connectivity index (χ4n) is 4.08. The van der Waals surface area contributed by atoms with Crippen LogP contribution in [-0.4, -0.2) is 38.1 Å². The molecule has 37 heavy (non-hydrogen) atoms. The molecule has 0 aliphatic rings. The van der Waals surface area contributed by atoms with E-state index in [-0.39, 0.29) is 15.5 Å². The summed E-state index contributed by atoms with van der Waals surface area (Å²) in [7, 11) is -3.04. The van der Waals surface area contributed by atoms with Crippen LogP contribution >= 0.6 is 11.6 Å². The van der Waals surface area contributed by atoms with Gasteiger partial charge in [-0.15, -0.1) is 0 Å². The summed E-state index contributed by atoms with van der Waals surface area (Å²) < 4.78 is 26.7. The van der Waals surface area contributed by atoms with Crippen LogP contribution in [0.15, 0.2) is 35.2 Å². The number of benzene rings is 1. The minimum atomic E-state index is -4.21. The van der Waals surface area contributed by atoms with Crippen molar-refractivity contribution in [3.05, 3.63) is 40.9 Å². The lowest BCUT2D eigenvalue weighted by Crippen LogP contribution is -2.41. The lowest BCUT2D eigenvalue weighted by atomic mass is 10.0. The van der Waals surface area contributed by atoms with Crippen molar-refractivity contribution in [3.63, 3.8) is 0 Å². The molecule has 1 aromatic carbocycles. The molecule has 0 saturated carbocycles. The average molecular weight is 555 g/mol. The number of allylic oxidation sites excluding steroid dienone is 2. The van der Waals surface area contributed by atoms with E-state index in [1.807, 2.05) is 6.92 Å². The maximum absolute atomic E-state index is 13.0. The zero-order valence-corrected chi connectivity index (χ0v) is 24.6. The topological polar surface area (TPSA) is 83.6 Å². The Morgan fingerprint density at radius 3 is 1.95 bits per heavy atom. The highest BCUT2D eigenvalue weighted by Gasteiger charge is 2.29. The van der Waals surface area contributed by atoms with Gasteiger partial charge in [-0.05, 0) is 43.5 Å². The maximum atomic E-state index is 13.0. The first kappa shape index (κ1) is 33.2. The number of hydrogen-bond donors (Lipinski definition) is 1. The Balaban J connectivity index is 2.46. The summed E-state index contributed by atoms with van der Waals surface area (Å²) in [5, 5.41) is 2.79. The van der Waals surface area contributed by atoms with Crippen molar-refractivity contribution in [1.29, 1.82) is 0 Å². The molecule has 0 unspecified atom stereocenters. The second kappa shape index (κ2) is 19.2. The van der Waals surface area contributed by atoms with Crippen LogP contribution in [0, 0.1) is 0 Å². The molecule has 0 aliphatic carbocycles. The van der Waals surface area contributed by atoms with Gasteiger partial charge in [0.2, 0.25) is 0 Å². The second-order valence-corrected chi connectivity index (χ2v) is 12.0. The molecule has 0 aromatic heterocycles. The van der Waals surface area contributed by atoms with Gasteiger partial charge >= 0.3 is 6.03 Å². The number of amides is 2. The summed E-state index contributed by atoms with van der Waals surface area (Å²) in [6.07, 6.45) is 21.3. The molecule has 0 radical (unpaired) electrons. The minimum absolute atomic E-state index is 0.0377. The Kier molecular flexibility index (Phi) is 17.3. The molecule has 1 N–H and O–H groups in total. The smallest absolute Gasteiger partial charge is 0.331 e. The van der Waals surface area contributed by atoms with Gasteiger partial charge in [0.15, 0.2) is 5.78 Å². The molecule has 6 nitrogen and oxygen atoms in total. The molecule has 1 rings (SSSR count). The first-order chi connectivity index (χ1) is 17.8. The Morgan fingerprint density at radius 2 is 1.41 bits per heavy atom. The van der Waals surface area contributed by atoms with Crippen LogP contribution in [0.4, 0.5) is 4.79 Å². The van der Waals surface area contributed by atoms with Gasteiger partial charge in [0.25, 0.3) is 10.0 Å². The summed E-state index contributed by atoms with van der Waals surface area (Å²) >= 11 is 6.06. The van der Waals surface area contributed by atoms with Gasteiger partial charge < -0.3 is 5.32 Å². The zero-order valence-electron chi connectivity index (χ0n) is 23.1. The lowest BCUT2D eigenvalue weighted by molar-refractivity contribution is 0.104. The largest absolute Gasteiger partial charge is 0.337 e. The molecule has 0 heterocycles. The first-order valence-electron chi connectivity index (χ1n) is 14.0. The normalized spacial score (nSPS) is 11.7. The predicted molar refractivity (Wildman–Crippen MR) is 154 cm³/mol. The molecule has 0 atom stereocenters. The van der Waals surface area contributed by atoms with E-state index in [9.17, 15) is 18.0 Å². The van der Waals surface area contributed by atoms with Gasteiger partial charge in [-0.25, -0.2) is 17.5 Å². The van der Waals surface area contributed by atoms with Crippen LogP contribution in [0.1, 0.15) is 121 Å². The first-order valence-corrected chi connectivity index (χ1v) is 15.8. The number of sulfonamides is 1. The summed E-state index contributed by atoms with van der Waals surface area (Å²) in [5.41, 5.74) is -0.0377. The number of rotatable bonds is 20. The van der Waals surface area contributed by atoms with E-state index in [4.69, 9.17) is 11.6 Å². The highest BCUT2D eigenvalue weighted by molar-refractivity contribution is 7.89. The third-order valence-corrected chi connectivity index (χ3v) is 8.44. The number of carbonyl (C=O) groups excluding carboxylic acids is 2. The number of unbranched alkanes of at least 4 members (excludes halogenated alkanes) is 13. The number of ketones is 1. The molecule has 8 heteroatoms. The van der Waals surface area contributed by atoms with E-state index in [0.29, 0.717) is 17.3 Å². The minimum Gasteiger partial charge on any atom is -0.337 e. The van der Waals surface area contributed by atoms with Crippen molar-refractivity contribution in [2.24, 2.45) is 0 Å². The molecule has 0 fully saturated rings. The Morgan fingerprint density at radius 1 is 0.865 bits per heavy atom. The van der Waals surface area contributed by atoms with E-state index in [1.165, 1.54) is 102 Å². The number of nitrogens with zero attached hydrogens (tertiary/aromatic N) is 1. The average Bonchev–Trinajstić information content (AvgIpc) is 2.88. The van der Waals surface area contributed by atoms with Crippen molar-refractivity contribution in [2.75, 3.05) is 13.6 Å².